The lowest BCUT2D eigenvalue weighted by atomic mass is 9.89. The van der Waals surface area contributed by atoms with Crippen molar-refractivity contribution in [1.82, 2.24) is 0 Å². The van der Waals surface area contributed by atoms with Crippen molar-refractivity contribution in [3.63, 3.8) is 0 Å². The van der Waals surface area contributed by atoms with E-state index in [1.165, 1.54) is 131 Å². The molecule has 0 spiro atoms. The number of rotatable bonds is 2. The highest BCUT2D eigenvalue weighted by molar-refractivity contribution is 6.39. The van der Waals surface area contributed by atoms with Crippen LogP contribution in [0, 0.1) is 0 Å². The summed E-state index contributed by atoms with van der Waals surface area (Å²) in [5.74, 6) is 0. The fourth-order valence-electron chi connectivity index (χ4n) is 10.2. The van der Waals surface area contributed by atoms with Crippen LogP contribution in [0.25, 0.3) is 131 Å². The van der Waals surface area contributed by atoms with Crippen LogP contribution in [0.4, 0.5) is 0 Å². The van der Waals surface area contributed by atoms with E-state index in [9.17, 15) is 0 Å². The van der Waals surface area contributed by atoms with Crippen LogP contribution in [0.15, 0.2) is 170 Å². The molecule has 236 valence electrons. The Kier molecular flexibility index (Phi) is 4.94. The molecule has 0 heteroatoms. The molecule has 0 saturated heterocycles. The molecular weight excluding hydrogens is 625 g/mol. The summed E-state index contributed by atoms with van der Waals surface area (Å²) in [5, 5.41) is 21.4. The second-order valence-corrected chi connectivity index (χ2v) is 14.7. The van der Waals surface area contributed by atoms with Gasteiger partial charge >= 0.3 is 0 Å². The monoisotopic (exact) mass is 652 g/mol. The third kappa shape index (κ3) is 3.24. The van der Waals surface area contributed by atoms with E-state index in [1.807, 2.05) is 0 Å². The molecule has 52 heavy (non-hydrogen) atoms. The molecule has 0 nitrogen and oxygen atoms in total. The van der Waals surface area contributed by atoms with Gasteiger partial charge in [-0.15, -0.1) is 0 Å². The lowest BCUT2D eigenvalue weighted by molar-refractivity contribution is 1.68. The molecule has 0 heterocycles. The minimum Gasteiger partial charge on any atom is -0.0616 e. The Morgan fingerprint density at radius 3 is 1.35 bits per heavy atom. The number of fused-ring (bicyclic) bond motifs is 10. The quantitative estimate of drug-likeness (QED) is 0.174. The minimum absolute atomic E-state index is 1.28. The fourth-order valence-corrected chi connectivity index (χ4v) is 10.2. The maximum absolute atomic E-state index is 2.49. The minimum atomic E-state index is 1.28. The maximum Gasteiger partial charge on any atom is -0.00141 e. The molecule has 12 aromatic carbocycles. The van der Waals surface area contributed by atoms with Crippen LogP contribution in [-0.2, 0) is 0 Å². The Balaban J connectivity index is 1.08. The SMILES string of the molecule is c1ccc2c(c1)-c1cccc3ccc(-c4ccc5c6cc7c(cc6c6cccc4c65)c4cccc5c(-c6cccc8ccccc68)ccc7c54)c-2c13. The second kappa shape index (κ2) is 9.51. The molecule has 0 aromatic heterocycles. The van der Waals surface area contributed by atoms with Gasteiger partial charge in [-0.3, -0.25) is 0 Å². The van der Waals surface area contributed by atoms with Gasteiger partial charge in [0, 0.05) is 0 Å². The Bertz CT molecular complexity index is 3450. The molecule has 0 atom stereocenters. The number of hydrogen-bond donors (Lipinski definition) is 0. The van der Waals surface area contributed by atoms with Crippen LogP contribution < -0.4 is 0 Å². The first-order chi connectivity index (χ1) is 25.8. The van der Waals surface area contributed by atoms with E-state index >= 15 is 0 Å². The average molecular weight is 653 g/mol. The molecule has 12 aromatic rings. The van der Waals surface area contributed by atoms with Gasteiger partial charge in [-0.1, -0.05) is 158 Å². The predicted octanol–water partition coefficient (Wildman–Crippen LogP) is 14.8. The zero-order valence-electron chi connectivity index (χ0n) is 28.2. The van der Waals surface area contributed by atoms with Gasteiger partial charge in [-0.25, -0.2) is 0 Å². The van der Waals surface area contributed by atoms with Crippen molar-refractivity contribution in [2.75, 3.05) is 0 Å². The van der Waals surface area contributed by atoms with Gasteiger partial charge in [-0.05, 0) is 143 Å². The van der Waals surface area contributed by atoms with E-state index in [4.69, 9.17) is 0 Å². The smallest absolute Gasteiger partial charge is 0.00141 e. The molecule has 0 fully saturated rings. The highest BCUT2D eigenvalue weighted by Gasteiger charge is 2.26. The molecule has 13 rings (SSSR count). The number of hydrogen-bond acceptors (Lipinski definition) is 0. The first kappa shape index (κ1) is 27.0. The summed E-state index contributed by atoms with van der Waals surface area (Å²) >= 11 is 0. The zero-order chi connectivity index (χ0) is 33.7. The van der Waals surface area contributed by atoms with Crippen molar-refractivity contribution in [2.24, 2.45) is 0 Å². The van der Waals surface area contributed by atoms with E-state index in [-0.39, 0.29) is 0 Å². The average Bonchev–Trinajstić information content (AvgIpc) is 3.83. The zero-order valence-corrected chi connectivity index (χ0v) is 28.2. The van der Waals surface area contributed by atoms with E-state index in [1.54, 1.807) is 0 Å². The Morgan fingerprint density at radius 2 is 0.635 bits per heavy atom. The molecule has 0 unspecified atom stereocenters. The van der Waals surface area contributed by atoms with Crippen LogP contribution in [0.5, 0.6) is 0 Å². The largest absolute Gasteiger partial charge is 0.0616 e. The van der Waals surface area contributed by atoms with Crippen molar-refractivity contribution in [3.8, 4) is 44.5 Å². The van der Waals surface area contributed by atoms with Crippen LogP contribution in [0.2, 0.25) is 0 Å². The third-order valence-electron chi connectivity index (χ3n) is 12.3. The third-order valence-corrected chi connectivity index (χ3v) is 12.3. The summed E-state index contributed by atoms with van der Waals surface area (Å²) in [4.78, 5) is 0. The van der Waals surface area contributed by atoms with Gasteiger partial charge in [0.1, 0.15) is 0 Å². The molecule has 1 aliphatic rings. The summed E-state index contributed by atoms with van der Waals surface area (Å²) in [6.45, 7) is 0. The van der Waals surface area contributed by atoms with Gasteiger partial charge < -0.3 is 0 Å². The van der Waals surface area contributed by atoms with Crippen molar-refractivity contribution < 1.29 is 0 Å². The molecule has 0 bridgehead atoms. The van der Waals surface area contributed by atoms with E-state index in [0.717, 1.165) is 0 Å². The van der Waals surface area contributed by atoms with E-state index in [2.05, 4.69) is 170 Å². The molecule has 1 aliphatic carbocycles. The van der Waals surface area contributed by atoms with Gasteiger partial charge in [0.25, 0.3) is 0 Å². The molecule has 0 saturated carbocycles. The Morgan fingerprint density at radius 1 is 0.192 bits per heavy atom. The van der Waals surface area contributed by atoms with Gasteiger partial charge in [0.2, 0.25) is 0 Å². The van der Waals surface area contributed by atoms with Crippen LogP contribution >= 0.6 is 0 Å². The lowest BCUT2D eigenvalue weighted by Gasteiger charge is -2.14. The summed E-state index contributed by atoms with van der Waals surface area (Å²) < 4.78 is 0. The second-order valence-electron chi connectivity index (χ2n) is 14.7. The predicted molar refractivity (Wildman–Crippen MR) is 224 cm³/mol. The van der Waals surface area contributed by atoms with Crippen molar-refractivity contribution >= 4 is 86.2 Å². The topological polar surface area (TPSA) is 0 Å². The first-order valence-electron chi connectivity index (χ1n) is 18.3. The van der Waals surface area contributed by atoms with Crippen molar-refractivity contribution in [3.05, 3.63) is 170 Å². The van der Waals surface area contributed by atoms with Gasteiger partial charge in [-0.2, -0.15) is 0 Å². The number of benzene rings is 10. The van der Waals surface area contributed by atoms with Crippen LogP contribution in [0.1, 0.15) is 0 Å². The molecule has 0 amide bonds. The van der Waals surface area contributed by atoms with Crippen LogP contribution in [0.3, 0.4) is 0 Å². The van der Waals surface area contributed by atoms with Gasteiger partial charge in [0.05, 0.1) is 0 Å². The van der Waals surface area contributed by atoms with Crippen molar-refractivity contribution in [1.29, 1.82) is 0 Å². The molecule has 0 N–H and O–H groups in total. The lowest BCUT2D eigenvalue weighted by Crippen LogP contribution is -1.87. The highest BCUT2D eigenvalue weighted by atomic mass is 14.3. The summed E-state index contributed by atoms with van der Waals surface area (Å²) in [5.41, 5.74) is 10.6. The highest BCUT2D eigenvalue weighted by Crippen LogP contribution is 2.53. The normalized spacial score (nSPS) is 12.6. The molecule has 0 aliphatic heterocycles. The summed E-state index contributed by atoms with van der Waals surface area (Å²) in [6, 6.07) is 64.1. The van der Waals surface area contributed by atoms with E-state index < -0.39 is 0 Å². The van der Waals surface area contributed by atoms with Crippen LogP contribution in [-0.4, -0.2) is 0 Å². The first-order valence-corrected chi connectivity index (χ1v) is 18.3. The molecule has 0 radical (unpaired) electrons. The standard InChI is InChI=1S/C52H28/c1-2-12-31-29(9-1)10-5-15-32(31)34-23-25-43-47-28-48-44-26-24-35(42-22-21-30-11-6-16-36-33-13-3-4-14-39(33)52(42)49(30)36)38-18-8-20-41(51(38)44)46(48)27-45(47)40-19-7-17-37(34)50(40)43/h1-28H. The van der Waals surface area contributed by atoms with Crippen molar-refractivity contribution in [2.45, 2.75) is 0 Å². The van der Waals surface area contributed by atoms with E-state index in [0.29, 0.717) is 0 Å². The fraction of sp³-hybridized carbons (Fsp3) is 0. The summed E-state index contributed by atoms with van der Waals surface area (Å²) in [6.07, 6.45) is 0. The van der Waals surface area contributed by atoms with Gasteiger partial charge in [0.15, 0.2) is 0 Å². The Hall–Kier alpha value is -6.76. The summed E-state index contributed by atoms with van der Waals surface area (Å²) in [7, 11) is 0. The Labute approximate surface area is 299 Å². The maximum atomic E-state index is 2.49. The molecular formula is C52H28.